The van der Waals surface area contributed by atoms with E-state index >= 15 is 0 Å². The van der Waals surface area contributed by atoms with Crippen molar-refractivity contribution in [1.82, 2.24) is 0 Å². The second kappa shape index (κ2) is 8.32. The predicted octanol–water partition coefficient (Wildman–Crippen LogP) is 3.90. The Kier molecular flexibility index (Phi) is 6.15. The van der Waals surface area contributed by atoms with Crippen LogP contribution in [0.5, 0.6) is 0 Å². The highest BCUT2D eigenvalue weighted by Crippen LogP contribution is 2.20. The van der Waals surface area contributed by atoms with E-state index in [4.69, 9.17) is 16.9 Å². The van der Waals surface area contributed by atoms with Crippen molar-refractivity contribution < 1.29 is 9.59 Å². The molecule has 0 bridgehead atoms. The Labute approximate surface area is 151 Å². The molecular weight excluding hydrogens is 338 g/mol. The van der Waals surface area contributed by atoms with Gasteiger partial charge in [-0.15, -0.1) is 0 Å². The second-order valence-corrected chi connectivity index (χ2v) is 6.00. The maximum atomic E-state index is 12.1. The molecule has 0 unspecified atom stereocenters. The number of nitrogens with one attached hydrogen (secondary N) is 1. The largest absolute Gasteiger partial charge is 0.326 e. The van der Waals surface area contributed by atoms with E-state index in [1.54, 1.807) is 36.4 Å². The SMILES string of the molecule is CC(=O)N(CCC(=O)Nc1ccc(C)c(Cl)c1)c1ccc(C#N)cc1. The summed E-state index contributed by atoms with van der Waals surface area (Å²) in [6, 6.07) is 14.0. The minimum absolute atomic E-state index is 0.144. The molecule has 5 nitrogen and oxygen atoms in total. The molecule has 2 rings (SSSR count). The first kappa shape index (κ1) is 18.5. The van der Waals surface area contributed by atoms with Gasteiger partial charge >= 0.3 is 0 Å². The van der Waals surface area contributed by atoms with Crippen molar-refractivity contribution in [2.75, 3.05) is 16.8 Å². The van der Waals surface area contributed by atoms with Crippen molar-refractivity contribution >= 4 is 34.8 Å². The Balaban J connectivity index is 2.00. The summed E-state index contributed by atoms with van der Waals surface area (Å²) in [6.45, 7) is 3.57. The molecule has 0 fully saturated rings. The Hall–Kier alpha value is -2.84. The van der Waals surface area contributed by atoms with Gasteiger partial charge in [0.15, 0.2) is 0 Å². The lowest BCUT2D eigenvalue weighted by Gasteiger charge is -2.21. The molecule has 25 heavy (non-hydrogen) atoms. The lowest BCUT2D eigenvalue weighted by molar-refractivity contribution is -0.117. The van der Waals surface area contributed by atoms with Gasteiger partial charge in [-0.1, -0.05) is 17.7 Å². The van der Waals surface area contributed by atoms with Gasteiger partial charge in [0.2, 0.25) is 11.8 Å². The third-order valence-electron chi connectivity index (χ3n) is 3.71. The molecule has 6 heteroatoms. The van der Waals surface area contributed by atoms with Crippen LogP contribution < -0.4 is 10.2 Å². The lowest BCUT2D eigenvalue weighted by Crippen LogP contribution is -2.31. The fourth-order valence-electron chi connectivity index (χ4n) is 2.29. The predicted molar refractivity (Wildman–Crippen MR) is 98.6 cm³/mol. The summed E-state index contributed by atoms with van der Waals surface area (Å²) in [4.78, 5) is 25.5. The summed E-state index contributed by atoms with van der Waals surface area (Å²) in [6.07, 6.45) is 0.144. The van der Waals surface area contributed by atoms with Gasteiger partial charge in [0.1, 0.15) is 0 Å². The van der Waals surface area contributed by atoms with Crippen molar-refractivity contribution in [3.63, 3.8) is 0 Å². The number of hydrogen-bond donors (Lipinski definition) is 1. The van der Waals surface area contributed by atoms with Crippen LogP contribution in [0.3, 0.4) is 0 Å². The average Bonchev–Trinajstić information content (AvgIpc) is 2.58. The van der Waals surface area contributed by atoms with Crippen LogP contribution in [0.25, 0.3) is 0 Å². The minimum atomic E-state index is -0.209. The zero-order valence-corrected chi connectivity index (χ0v) is 14.8. The molecule has 0 saturated carbocycles. The molecule has 2 amide bonds. The van der Waals surface area contributed by atoms with Crippen molar-refractivity contribution in [1.29, 1.82) is 5.26 Å². The number of halogens is 1. The number of nitriles is 1. The number of nitrogens with zero attached hydrogens (tertiary/aromatic N) is 2. The average molecular weight is 356 g/mol. The molecule has 2 aromatic carbocycles. The van der Waals surface area contributed by atoms with Crippen LogP contribution >= 0.6 is 11.6 Å². The molecule has 0 aliphatic rings. The van der Waals surface area contributed by atoms with Gasteiger partial charge in [0, 0.05) is 36.3 Å². The normalized spacial score (nSPS) is 10.0. The summed E-state index contributed by atoms with van der Waals surface area (Å²) in [5.74, 6) is -0.379. The van der Waals surface area contributed by atoms with Crippen LogP contribution in [0, 0.1) is 18.3 Å². The summed E-state index contributed by atoms with van der Waals surface area (Å²) in [5, 5.41) is 12.2. The molecular formula is C19H18ClN3O2. The number of carbonyl (C=O) groups excluding carboxylic acids is 2. The lowest BCUT2D eigenvalue weighted by atomic mass is 10.2. The molecule has 0 aliphatic heterocycles. The smallest absolute Gasteiger partial charge is 0.226 e. The van der Waals surface area contributed by atoms with E-state index in [0.717, 1.165) is 5.56 Å². The highest BCUT2D eigenvalue weighted by atomic mass is 35.5. The number of carbonyl (C=O) groups is 2. The second-order valence-electron chi connectivity index (χ2n) is 5.59. The first-order chi connectivity index (χ1) is 11.9. The van der Waals surface area contributed by atoms with E-state index in [0.29, 0.717) is 22.0 Å². The fourth-order valence-corrected chi connectivity index (χ4v) is 2.47. The Morgan fingerprint density at radius 2 is 1.88 bits per heavy atom. The Morgan fingerprint density at radius 1 is 1.20 bits per heavy atom. The minimum Gasteiger partial charge on any atom is -0.326 e. The summed E-state index contributed by atoms with van der Waals surface area (Å²) < 4.78 is 0. The van der Waals surface area contributed by atoms with E-state index in [-0.39, 0.29) is 24.8 Å². The van der Waals surface area contributed by atoms with Gasteiger partial charge in [-0.25, -0.2) is 0 Å². The van der Waals surface area contributed by atoms with Crippen LogP contribution in [-0.4, -0.2) is 18.4 Å². The number of rotatable bonds is 5. The molecule has 1 N–H and O–H groups in total. The quantitative estimate of drug-likeness (QED) is 0.883. The van der Waals surface area contributed by atoms with Crippen LogP contribution in [0.15, 0.2) is 42.5 Å². The first-order valence-electron chi connectivity index (χ1n) is 7.75. The van der Waals surface area contributed by atoms with Gasteiger partial charge in [-0.05, 0) is 48.9 Å². The Bertz CT molecular complexity index is 826. The first-order valence-corrected chi connectivity index (χ1v) is 8.13. The molecule has 0 saturated heterocycles. The highest BCUT2D eigenvalue weighted by molar-refractivity contribution is 6.31. The van der Waals surface area contributed by atoms with Gasteiger partial charge in [-0.2, -0.15) is 5.26 Å². The number of amides is 2. The zero-order chi connectivity index (χ0) is 18.4. The molecule has 0 atom stereocenters. The van der Waals surface area contributed by atoms with Gasteiger partial charge in [-0.3, -0.25) is 9.59 Å². The van der Waals surface area contributed by atoms with E-state index in [9.17, 15) is 9.59 Å². The maximum absolute atomic E-state index is 12.1. The molecule has 0 heterocycles. The van der Waals surface area contributed by atoms with Crippen LogP contribution in [0.4, 0.5) is 11.4 Å². The highest BCUT2D eigenvalue weighted by Gasteiger charge is 2.14. The number of benzene rings is 2. The van der Waals surface area contributed by atoms with Crippen LogP contribution in [0.1, 0.15) is 24.5 Å². The summed E-state index contributed by atoms with van der Waals surface area (Å²) >= 11 is 6.04. The van der Waals surface area contributed by atoms with Crippen molar-refractivity contribution in [2.45, 2.75) is 20.3 Å². The van der Waals surface area contributed by atoms with Gasteiger partial charge in [0.05, 0.1) is 11.6 Å². The zero-order valence-electron chi connectivity index (χ0n) is 14.0. The van der Waals surface area contributed by atoms with E-state index in [1.165, 1.54) is 11.8 Å². The number of hydrogen-bond acceptors (Lipinski definition) is 3. The molecule has 0 spiro atoms. The van der Waals surface area contributed by atoms with Crippen LogP contribution in [0.2, 0.25) is 5.02 Å². The third-order valence-corrected chi connectivity index (χ3v) is 4.11. The van der Waals surface area contributed by atoms with E-state index in [2.05, 4.69) is 5.32 Å². The molecule has 0 aliphatic carbocycles. The number of aryl methyl sites for hydroxylation is 1. The monoisotopic (exact) mass is 355 g/mol. The fraction of sp³-hybridized carbons (Fsp3) is 0.211. The molecule has 2 aromatic rings. The molecule has 0 radical (unpaired) electrons. The maximum Gasteiger partial charge on any atom is 0.226 e. The van der Waals surface area contributed by atoms with E-state index in [1.807, 2.05) is 19.1 Å². The standard InChI is InChI=1S/C19H18ClN3O2/c1-13-3-6-16(11-18(13)20)22-19(25)9-10-23(14(2)24)17-7-4-15(12-21)5-8-17/h3-8,11H,9-10H2,1-2H3,(H,22,25). The summed E-state index contributed by atoms with van der Waals surface area (Å²) in [5.41, 5.74) is 2.72. The van der Waals surface area contributed by atoms with E-state index < -0.39 is 0 Å². The van der Waals surface area contributed by atoms with Crippen LogP contribution in [-0.2, 0) is 9.59 Å². The third kappa shape index (κ3) is 5.07. The molecule has 128 valence electrons. The topological polar surface area (TPSA) is 73.2 Å². The van der Waals surface area contributed by atoms with Gasteiger partial charge < -0.3 is 10.2 Å². The van der Waals surface area contributed by atoms with Gasteiger partial charge in [0.25, 0.3) is 0 Å². The van der Waals surface area contributed by atoms with Crippen molar-refractivity contribution in [3.05, 3.63) is 58.6 Å². The molecule has 0 aromatic heterocycles. The Morgan fingerprint density at radius 3 is 2.44 bits per heavy atom. The van der Waals surface area contributed by atoms with Crippen molar-refractivity contribution in [2.24, 2.45) is 0 Å². The number of anilines is 2. The summed E-state index contributed by atoms with van der Waals surface area (Å²) in [7, 11) is 0. The van der Waals surface area contributed by atoms with Crippen molar-refractivity contribution in [3.8, 4) is 6.07 Å².